The van der Waals surface area contributed by atoms with E-state index in [4.69, 9.17) is 10.5 Å². The number of hydrogen-bond acceptors (Lipinski definition) is 4. The van der Waals surface area contributed by atoms with Crippen LogP contribution in [0.5, 0.6) is 0 Å². The van der Waals surface area contributed by atoms with Gasteiger partial charge in [0.05, 0.1) is 12.2 Å². The van der Waals surface area contributed by atoms with Crippen LogP contribution in [-0.4, -0.2) is 41.1 Å². The van der Waals surface area contributed by atoms with Gasteiger partial charge in [-0.1, -0.05) is 39.7 Å². The predicted octanol–water partition coefficient (Wildman–Crippen LogP) is 2.72. The number of anilines is 1. The molecule has 2 rings (SSSR count). The van der Waals surface area contributed by atoms with Crippen molar-refractivity contribution in [1.29, 1.82) is 0 Å². The van der Waals surface area contributed by atoms with Crippen LogP contribution in [-0.2, 0) is 4.74 Å². The van der Waals surface area contributed by atoms with Crippen LogP contribution >= 0.6 is 0 Å². The second-order valence-corrected chi connectivity index (χ2v) is 6.34. The first-order valence-electron chi connectivity index (χ1n) is 8.18. The van der Waals surface area contributed by atoms with E-state index in [-0.39, 0.29) is 18.1 Å². The summed E-state index contributed by atoms with van der Waals surface area (Å²) >= 11 is 0. The molecule has 1 fully saturated rings. The molecule has 1 aliphatic rings. The maximum Gasteiger partial charge on any atom is 0.272 e. The Labute approximate surface area is 132 Å². The number of aromatic nitrogens is 1. The van der Waals surface area contributed by atoms with Crippen LogP contribution in [0.2, 0.25) is 0 Å². The molecule has 22 heavy (non-hydrogen) atoms. The van der Waals surface area contributed by atoms with Gasteiger partial charge in [-0.15, -0.1) is 0 Å². The van der Waals surface area contributed by atoms with Crippen molar-refractivity contribution in [2.45, 2.75) is 52.2 Å². The van der Waals surface area contributed by atoms with Crippen LogP contribution in [0, 0.1) is 5.92 Å². The molecule has 2 heterocycles. The second kappa shape index (κ2) is 7.58. The Balaban J connectivity index is 2.11. The second-order valence-electron chi connectivity index (χ2n) is 6.34. The lowest BCUT2D eigenvalue weighted by Gasteiger charge is -2.39. The van der Waals surface area contributed by atoms with E-state index < -0.39 is 0 Å². The maximum absolute atomic E-state index is 12.7. The number of rotatable bonds is 5. The standard InChI is InChI=1S/C17H27N3O2/c1-4-5-7-13-10-20(11-15(22-13)12(2)3)17(21)14-8-6-9-16(18)19-14/h6,8-9,12-13,15H,4-5,7,10-11H2,1-3H3,(H2,18,19)/t13-,15-/m1/s1. The van der Waals surface area contributed by atoms with Gasteiger partial charge in [-0.2, -0.15) is 0 Å². The minimum absolute atomic E-state index is 0.0530. The summed E-state index contributed by atoms with van der Waals surface area (Å²) in [4.78, 5) is 18.7. The number of nitrogens with two attached hydrogens (primary N) is 1. The van der Waals surface area contributed by atoms with Crippen LogP contribution < -0.4 is 5.73 Å². The summed E-state index contributed by atoms with van der Waals surface area (Å²) in [6, 6.07) is 5.18. The zero-order valence-electron chi connectivity index (χ0n) is 13.8. The van der Waals surface area contributed by atoms with Crippen molar-refractivity contribution < 1.29 is 9.53 Å². The van der Waals surface area contributed by atoms with Gasteiger partial charge in [-0.25, -0.2) is 4.98 Å². The molecule has 0 bridgehead atoms. The molecule has 0 spiro atoms. The van der Waals surface area contributed by atoms with Crippen LogP contribution in [0.1, 0.15) is 50.5 Å². The van der Waals surface area contributed by atoms with Crippen LogP contribution in [0.4, 0.5) is 5.82 Å². The summed E-state index contributed by atoms with van der Waals surface area (Å²) in [7, 11) is 0. The highest BCUT2D eigenvalue weighted by Gasteiger charge is 2.32. The maximum atomic E-state index is 12.7. The Kier molecular flexibility index (Phi) is 5.77. The number of morpholine rings is 1. The number of nitrogen functional groups attached to an aromatic ring is 1. The van der Waals surface area contributed by atoms with Gasteiger partial charge in [-0.3, -0.25) is 4.79 Å². The Morgan fingerprint density at radius 2 is 2.23 bits per heavy atom. The Morgan fingerprint density at radius 3 is 2.86 bits per heavy atom. The highest BCUT2D eigenvalue weighted by Crippen LogP contribution is 2.22. The van der Waals surface area contributed by atoms with Crippen molar-refractivity contribution >= 4 is 11.7 Å². The average molecular weight is 305 g/mol. The van der Waals surface area contributed by atoms with Crippen LogP contribution in [0.3, 0.4) is 0 Å². The number of nitrogens with zero attached hydrogens (tertiary/aromatic N) is 2. The van der Waals surface area contributed by atoms with Crippen molar-refractivity contribution in [3.05, 3.63) is 23.9 Å². The summed E-state index contributed by atoms with van der Waals surface area (Å²) in [6.45, 7) is 7.69. The molecule has 5 nitrogen and oxygen atoms in total. The molecule has 0 radical (unpaired) electrons. The van der Waals surface area contributed by atoms with Crippen LogP contribution in [0.15, 0.2) is 18.2 Å². The first-order valence-corrected chi connectivity index (χ1v) is 8.18. The van der Waals surface area contributed by atoms with Crippen molar-refractivity contribution in [2.75, 3.05) is 18.8 Å². The molecule has 0 unspecified atom stereocenters. The number of amides is 1. The lowest BCUT2D eigenvalue weighted by Crippen LogP contribution is -2.51. The highest BCUT2D eigenvalue weighted by molar-refractivity contribution is 5.92. The zero-order chi connectivity index (χ0) is 16.1. The Bertz CT molecular complexity index is 504. The summed E-state index contributed by atoms with van der Waals surface area (Å²) in [6.07, 6.45) is 3.45. The fraction of sp³-hybridized carbons (Fsp3) is 0.647. The van der Waals surface area contributed by atoms with E-state index in [0.717, 1.165) is 19.3 Å². The summed E-state index contributed by atoms with van der Waals surface area (Å²) in [5.74, 6) is 0.707. The third-order valence-corrected chi connectivity index (χ3v) is 4.09. The molecule has 0 saturated carbocycles. The predicted molar refractivity (Wildman–Crippen MR) is 87.6 cm³/mol. The van der Waals surface area contributed by atoms with Gasteiger partial charge >= 0.3 is 0 Å². The van der Waals surface area contributed by atoms with Crippen LogP contribution in [0.25, 0.3) is 0 Å². The number of ether oxygens (including phenoxy) is 1. The molecule has 1 aliphatic heterocycles. The SMILES string of the molecule is CCCC[C@@H]1CN(C(=O)c2cccc(N)n2)C[C@H](C(C)C)O1. The van der Waals surface area contributed by atoms with E-state index in [0.29, 0.717) is 30.5 Å². The van der Waals surface area contributed by atoms with Gasteiger partial charge in [-0.05, 0) is 24.5 Å². The molecule has 1 amide bonds. The van der Waals surface area contributed by atoms with E-state index in [9.17, 15) is 4.79 Å². The number of carbonyl (C=O) groups excluding carboxylic acids is 1. The molecule has 2 atom stereocenters. The topological polar surface area (TPSA) is 68.5 Å². The minimum Gasteiger partial charge on any atom is -0.384 e. The fourth-order valence-corrected chi connectivity index (χ4v) is 2.73. The highest BCUT2D eigenvalue weighted by atomic mass is 16.5. The van der Waals surface area contributed by atoms with Crippen molar-refractivity contribution in [2.24, 2.45) is 5.92 Å². The summed E-state index contributed by atoms with van der Waals surface area (Å²) in [5, 5.41) is 0. The fourth-order valence-electron chi connectivity index (χ4n) is 2.73. The van der Waals surface area contributed by atoms with E-state index in [2.05, 4.69) is 25.8 Å². The molecule has 1 saturated heterocycles. The quantitative estimate of drug-likeness (QED) is 0.908. The first kappa shape index (κ1) is 16.7. The Hall–Kier alpha value is -1.62. The minimum atomic E-state index is -0.0530. The smallest absolute Gasteiger partial charge is 0.272 e. The molecule has 0 aliphatic carbocycles. The normalized spacial score (nSPS) is 22.1. The number of pyridine rings is 1. The van der Waals surface area contributed by atoms with Crippen molar-refractivity contribution in [3.8, 4) is 0 Å². The molecule has 5 heteroatoms. The number of carbonyl (C=O) groups is 1. The summed E-state index contributed by atoms with van der Waals surface area (Å²) < 4.78 is 6.15. The molecule has 122 valence electrons. The van der Waals surface area contributed by atoms with Crippen molar-refractivity contribution in [3.63, 3.8) is 0 Å². The van der Waals surface area contributed by atoms with Gasteiger partial charge in [0.2, 0.25) is 0 Å². The van der Waals surface area contributed by atoms with E-state index in [1.165, 1.54) is 0 Å². The lowest BCUT2D eigenvalue weighted by atomic mass is 10.0. The number of unbranched alkanes of at least 4 members (excludes halogenated alkanes) is 1. The van der Waals surface area contributed by atoms with Crippen molar-refractivity contribution in [1.82, 2.24) is 9.88 Å². The first-order chi connectivity index (χ1) is 10.5. The number of hydrogen-bond donors (Lipinski definition) is 1. The molecular weight excluding hydrogens is 278 g/mol. The molecule has 1 aromatic rings. The van der Waals surface area contributed by atoms with Gasteiger partial charge in [0.15, 0.2) is 0 Å². The third kappa shape index (κ3) is 4.19. The van der Waals surface area contributed by atoms with Gasteiger partial charge in [0.1, 0.15) is 11.5 Å². The monoisotopic (exact) mass is 305 g/mol. The molecule has 2 N–H and O–H groups in total. The molecular formula is C17H27N3O2. The average Bonchev–Trinajstić information content (AvgIpc) is 2.51. The molecule has 0 aromatic carbocycles. The van der Waals surface area contributed by atoms with E-state index in [1.54, 1.807) is 18.2 Å². The van der Waals surface area contributed by atoms with Gasteiger partial charge in [0.25, 0.3) is 5.91 Å². The molecule has 1 aromatic heterocycles. The van der Waals surface area contributed by atoms with Gasteiger partial charge < -0.3 is 15.4 Å². The van der Waals surface area contributed by atoms with E-state index >= 15 is 0 Å². The zero-order valence-corrected chi connectivity index (χ0v) is 13.8. The van der Waals surface area contributed by atoms with E-state index in [1.807, 2.05) is 4.90 Å². The largest absolute Gasteiger partial charge is 0.384 e. The lowest BCUT2D eigenvalue weighted by molar-refractivity contribution is -0.0963. The third-order valence-electron chi connectivity index (χ3n) is 4.09. The Morgan fingerprint density at radius 1 is 1.45 bits per heavy atom. The van der Waals surface area contributed by atoms with Gasteiger partial charge in [0, 0.05) is 13.1 Å². The summed E-state index contributed by atoms with van der Waals surface area (Å²) in [5.41, 5.74) is 6.10.